The Hall–Kier alpha value is -3.36. The minimum Gasteiger partial charge on any atom is -0.484 e. The van der Waals surface area contributed by atoms with E-state index in [1.807, 2.05) is 37.1 Å². The van der Waals surface area contributed by atoms with Crippen LogP contribution in [-0.4, -0.2) is 62.6 Å². The van der Waals surface area contributed by atoms with Crippen molar-refractivity contribution in [2.75, 3.05) is 34.3 Å². The summed E-state index contributed by atoms with van der Waals surface area (Å²) in [7, 11) is 5.26. The van der Waals surface area contributed by atoms with Gasteiger partial charge in [0.25, 0.3) is 5.91 Å². The lowest BCUT2D eigenvalue weighted by Gasteiger charge is -2.22. The van der Waals surface area contributed by atoms with Crippen molar-refractivity contribution in [3.8, 4) is 11.5 Å². The number of alkyl halides is 2. The Morgan fingerprint density at radius 2 is 1.78 bits per heavy atom. The van der Waals surface area contributed by atoms with Gasteiger partial charge in [-0.3, -0.25) is 4.79 Å². The van der Waals surface area contributed by atoms with Gasteiger partial charge >= 0.3 is 6.61 Å². The lowest BCUT2D eigenvalue weighted by molar-refractivity contribution is -0.130. The SMILES string of the molecule is CCNC(=NCc1cccc(OCC(=O)N(C)C)c1)N(C)Cc1ccc(OC(F)F)cc1. The molecular weight excluding hydrogens is 418 g/mol. The number of ether oxygens (including phenoxy) is 2. The summed E-state index contributed by atoms with van der Waals surface area (Å²) >= 11 is 0. The molecule has 0 aliphatic heterocycles. The summed E-state index contributed by atoms with van der Waals surface area (Å²) in [6.45, 7) is 0.777. The van der Waals surface area contributed by atoms with E-state index < -0.39 is 6.61 Å². The van der Waals surface area contributed by atoms with Gasteiger partial charge in [-0.05, 0) is 42.3 Å². The molecule has 0 aromatic heterocycles. The van der Waals surface area contributed by atoms with Crippen LogP contribution in [0.15, 0.2) is 53.5 Å². The molecule has 1 N–H and O–H groups in total. The first-order valence-corrected chi connectivity index (χ1v) is 10.2. The molecule has 0 fully saturated rings. The van der Waals surface area contributed by atoms with Crippen molar-refractivity contribution in [2.45, 2.75) is 26.6 Å². The molecule has 32 heavy (non-hydrogen) atoms. The molecule has 174 valence electrons. The van der Waals surface area contributed by atoms with Crippen LogP contribution in [-0.2, 0) is 17.9 Å². The third-order valence-electron chi connectivity index (χ3n) is 4.44. The number of carbonyl (C=O) groups is 1. The predicted molar refractivity (Wildman–Crippen MR) is 120 cm³/mol. The van der Waals surface area contributed by atoms with E-state index >= 15 is 0 Å². The van der Waals surface area contributed by atoms with Crippen LogP contribution in [0.1, 0.15) is 18.1 Å². The summed E-state index contributed by atoms with van der Waals surface area (Å²) in [6, 6.07) is 14.0. The molecule has 0 saturated heterocycles. The quantitative estimate of drug-likeness (QED) is 0.446. The van der Waals surface area contributed by atoms with Crippen molar-refractivity contribution in [3.63, 3.8) is 0 Å². The highest BCUT2D eigenvalue weighted by Gasteiger charge is 2.09. The fourth-order valence-corrected chi connectivity index (χ4v) is 2.77. The fraction of sp³-hybridized carbons (Fsp3) is 0.391. The van der Waals surface area contributed by atoms with Gasteiger partial charge in [-0.25, -0.2) is 4.99 Å². The molecule has 0 spiro atoms. The first-order valence-electron chi connectivity index (χ1n) is 10.2. The molecule has 0 saturated carbocycles. The number of hydrogen-bond acceptors (Lipinski definition) is 4. The zero-order chi connectivity index (χ0) is 23.5. The normalized spacial score (nSPS) is 11.3. The van der Waals surface area contributed by atoms with Gasteiger partial charge in [-0.2, -0.15) is 8.78 Å². The first kappa shape index (κ1) is 24.9. The maximum absolute atomic E-state index is 12.3. The van der Waals surface area contributed by atoms with Crippen LogP contribution in [0.3, 0.4) is 0 Å². The molecule has 0 bridgehead atoms. The van der Waals surface area contributed by atoms with Gasteiger partial charge in [-0.15, -0.1) is 0 Å². The van der Waals surface area contributed by atoms with Crippen molar-refractivity contribution < 1.29 is 23.0 Å². The van der Waals surface area contributed by atoms with Gasteiger partial charge in [0, 0.05) is 34.2 Å². The Morgan fingerprint density at radius 1 is 1.06 bits per heavy atom. The van der Waals surface area contributed by atoms with E-state index in [1.54, 1.807) is 32.3 Å². The minimum atomic E-state index is -2.84. The Morgan fingerprint density at radius 3 is 2.41 bits per heavy atom. The number of hydrogen-bond donors (Lipinski definition) is 1. The van der Waals surface area contributed by atoms with Gasteiger partial charge in [0.2, 0.25) is 0 Å². The highest BCUT2D eigenvalue weighted by molar-refractivity contribution is 5.79. The number of benzene rings is 2. The standard InChI is InChI=1S/C23H30F2N4O3/c1-5-26-23(29(4)15-17-9-11-19(12-10-17)32-22(24)25)27-14-18-7-6-8-20(13-18)31-16-21(30)28(2)3/h6-13,22H,5,14-16H2,1-4H3,(H,26,27). The van der Waals surface area contributed by atoms with Gasteiger partial charge in [0.05, 0.1) is 6.54 Å². The summed E-state index contributed by atoms with van der Waals surface area (Å²) in [4.78, 5) is 19.8. The van der Waals surface area contributed by atoms with E-state index in [-0.39, 0.29) is 18.3 Å². The lowest BCUT2D eigenvalue weighted by atomic mass is 10.2. The van der Waals surface area contributed by atoms with Gasteiger partial charge in [-0.1, -0.05) is 24.3 Å². The van der Waals surface area contributed by atoms with Crippen LogP contribution in [0.2, 0.25) is 0 Å². The molecule has 1 amide bonds. The number of nitrogens with zero attached hydrogens (tertiary/aromatic N) is 3. The fourth-order valence-electron chi connectivity index (χ4n) is 2.77. The zero-order valence-corrected chi connectivity index (χ0v) is 18.8. The Bertz CT molecular complexity index is 889. The van der Waals surface area contributed by atoms with Crippen molar-refractivity contribution >= 4 is 11.9 Å². The molecule has 2 rings (SSSR count). The summed E-state index contributed by atoms with van der Waals surface area (Å²) in [5.41, 5.74) is 1.87. The third kappa shape index (κ3) is 8.41. The molecule has 0 heterocycles. The number of carbonyl (C=O) groups excluding carboxylic acids is 1. The van der Waals surface area contributed by atoms with Gasteiger partial charge in [0.15, 0.2) is 12.6 Å². The summed E-state index contributed by atoms with van der Waals surface area (Å²) < 4.78 is 34.6. The van der Waals surface area contributed by atoms with Crippen LogP contribution in [0.25, 0.3) is 0 Å². The van der Waals surface area contributed by atoms with E-state index in [4.69, 9.17) is 4.74 Å². The molecule has 0 atom stereocenters. The van der Waals surface area contributed by atoms with Gasteiger partial charge < -0.3 is 24.6 Å². The lowest BCUT2D eigenvalue weighted by Crippen LogP contribution is -2.38. The van der Waals surface area contributed by atoms with Crippen LogP contribution in [0.4, 0.5) is 8.78 Å². The van der Waals surface area contributed by atoms with E-state index in [2.05, 4.69) is 15.0 Å². The molecule has 0 unspecified atom stereocenters. The number of rotatable bonds is 10. The number of guanidine groups is 1. The Balaban J connectivity index is 2.01. The van der Waals surface area contributed by atoms with Gasteiger partial charge in [0.1, 0.15) is 11.5 Å². The molecule has 0 aliphatic carbocycles. The minimum absolute atomic E-state index is 0.0216. The molecular formula is C23H30F2N4O3. The summed E-state index contributed by atoms with van der Waals surface area (Å²) in [5, 5.41) is 3.25. The van der Waals surface area contributed by atoms with Crippen molar-refractivity contribution in [2.24, 2.45) is 4.99 Å². The molecule has 2 aromatic rings. The second-order valence-corrected chi connectivity index (χ2v) is 7.27. The topological polar surface area (TPSA) is 66.4 Å². The predicted octanol–water partition coefficient (Wildman–Crippen LogP) is 3.35. The van der Waals surface area contributed by atoms with Crippen LogP contribution >= 0.6 is 0 Å². The number of aliphatic imine (C=N–C) groups is 1. The van der Waals surface area contributed by atoms with Crippen molar-refractivity contribution in [3.05, 3.63) is 59.7 Å². The number of likely N-dealkylation sites (N-methyl/N-ethyl adjacent to an activating group) is 1. The number of halogens is 2. The second-order valence-electron chi connectivity index (χ2n) is 7.27. The molecule has 0 radical (unpaired) electrons. The van der Waals surface area contributed by atoms with E-state index in [0.29, 0.717) is 31.3 Å². The average molecular weight is 449 g/mol. The average Bonchev–Trinajstić information content (AvgIpc) is 2.76. The smallest absolute Gasteiger partial charge is 0.387 e. The van der Waals surface area contributed by atoms with E-state index in [1.165, 1.54) is 17.0 Å². The number of nitrogens with one attached hydrogen (secondary N) is 1. The molecule has 7 nitrogen and oxygen atoms in total. The third-order valence-corrected chi connectivity index (χ3v) is 4.44. The van der Waals surface area contributed by atoms with E-state index in [0.717, 1.165) is 11.1 Å². The van der Waals surface area contributed by atoms with Crippen LogP contribution in [0.5, 0.6) is 11.5 Å². The van der Waals surface area contributed by atoms with Crippen molar-refractivity contribution in [1.82, 2.24) is 15.1 Å². The second kappa shape index (κ2) is 12.5. The Labute approximate surface area is 187 Å². The van der Waals surface area contributed by atoms with Crippen LogP contribution in [0, 0.1) is 0 Å². The van der Waals surface area contributed by atoms with E-state index in [9.17, 15) is 13.6 Å². The summed E-state index contributed by atoms with van der Waals surface area (Å²) in [6.07, 6.45) is 0. The first-order chi connectivity index (χ1) is 15.3. The molecule has 0 aliphatic rings. The molecule has 9 heteroatoms. The Kier molecular flexibility index (Phi) is 9.72. The monoisotopic (exact) mass is 448 g/mol. The summed E-state index contributed by atoms with van der Waals surface area (Å²) in [5.74, 6) is 1.33. The molecule has 2 aromatic carbocycles. The highest BCUT2D eigenvalue weighted by atomic mass is 19.3. The maximum Gasteiger partial charge on any atom is 0.387 e. The largest absolute Gasteiger partial charge is 0.484 e. The highest BCUT2D eigenvalue weighted by Crippen LogP contribution is 2.17. The van der Waals surface area contributed by atoms with Crippen molar-refractivity contribution in [1.29, 1.82) is 0 Å². The number of amides is 1. The zero-order valence-electron chi connectivity index (χ0n) is 18.8. The maximum atomic E-state index is 12.3. The van der Waals surface area contributed by atoms with Crippen LogP contribution < -0.4 is 14.8 Å².